The molecule has 1 N–H and O–H groups in total. The van der Waals surface area contributed by atoms with Crippen LogP contribution in [0.4, 0.5) is 0 Å². The zero-order chi connectivity index (χ0) is 12.3. The Labute approximate surface area is 103 Å². The minimum Gasteiger partial charge on any atom is -0.385 e. The average molecular weight is 232 g/mol. The van der Waals surface area contributed by atoms with Crippen molar-refractivity contribution in [2.75, 3.05) is 0 Å². The Balaban J connectivity index is 2.03. The molecular weight excluding hydrogens is 212 g/mol. The second-order valence-electron chi connectivity index (χ2n) is 4.92. The summed E-state index contributed by atoms with van der Waals surface area (Å²) < 4.78 is 0. The highest BCUT2D eigenvalue weighted by atomic mass is 16.3. The smallest absolute Gasteiger partial charge is 0.191 e. The van der Waals surface area contributed by atoms with E-state index >= 15 is 0 Å². The molecule has 2 heteroatoms. The van der Waals surface area contributed by atoms with Gasteiger partial charge in [0.2, 0.25) is 0 Å². The van der Waals surface area contributed by atoms with Crippen LogP contribution in [0.3, 0.4) is 0 Å². The molecule has 0 amide bonds. The van der Waals surface area contributed by atoms with Crippen LogP contribution in [0.1, 0.15) is 60.9 Å². The molecule has 1 unspecified atom stereocenters. The van der Waals surface area contributed by atoms with Gasteiger partial charge in [-0.3, -0.25) is 4.79 Å². The van der Waals surface area contributed by atoms with E-state index in [2.05, 4.69) is 0 Å². The van der Waals surface area contributed by atoms with Crippen molar-refractivity contribution in [1.82, 2.24) is 0 Å². The van der Waals surface area contributed by atoms with Crippen LogP contribution in [0, 0.1) is 0 Å². The van der Waals surface area contributed by atoms with Gasteiger partial charge < -0.3 is 5.11 Å². The topological polar surface area (TPSA) is 37.3 Å². The highest BCUT2D eigenvalue weighted by Crippen LogP contribution is 2.36. The van der Waals surface area contributed by atoms with E-state index in [1.807, 2.05) is 31.2 Å². The maximum Gasteiger partial charge on any atom is 0.191 e. The van der Waals surface area contributed by atoms with Crippen LogP contribution in [0.2, 0.25) is 0 Å². The third-order valence-electron chi connectivity index (χ3n) is 3.64. The van der Waals surface area contributed by atoms with Crippen LogP contribution in [-0.2, 0) is 0 Å². The lowest BCUT2D eigenvalue weighted by atomic mass is 9.80. The molecule has 2 nitrogen and oxygen atoms in total. The van der Waals surface area contributed by atoms with E-state index in [0.29, 0.717) is 17.9 Å². The van der Waals surface area contributed by atoms with Gasteiger partial charge in [0, 0.05) is 5.56 Å². The molecule has 17 heavy (non-hydrogen) atoms. The first-order chi connectivity index (χ1) is 8.22. The molecule has 0 radical (unpaired) electrons. The third-order valence-corrected chi connectivity index (χ3v) is 3.64. The zero-order valence-corrected chi connectivity index (χ0v) is 10.4. The van der Waals surface area contributed by atoms with E-state index in [0.717, 1.165) is 6.42 Å². The number of carbonyl (C=O) groups is 1. The highest BCUT2D eigenvalue weighted by molar-refractivity contribution is 5.99. The van der Waals surface area contributed by atoms with Crippen molar-refractivity contribution in [2.45, 2.75) is 51.0 Å². The van der Waals surface area contributed by atoms with Gasteiger partial charge in [-0.25, -0.2) is 0 Å². The number of carbonyl (C=O) groups excluding carboxylic acids is 1. The van der Waals surface area contributed by atoms with Crippen molar-refractivity contribution >= 4 is 5.78 Å². The molecule has 2 rings (SSSR count). The van der Waals surface area contributed by atoms with E-state index in [-0.39, 0.29) is 5.78 Å². The molecular formula is C15H20O2. The molecule has 1 aromatic rings. The predicted octanol–water partition coefficient (Wildman–Crippen LogP) is 3.30. The van der Waals surface area contributed by atoms with E-state index in [1.54, 1.807) is 0 Å². The number of benzene rings is 1. The summed E-state index contributed by atoms with van der Waals surface area (Å²) in [4.78, 5) is 11.8. The Morgan fingerprint density at radius 3 is 2.47 bits per heavy atom. The summed E-state index contributed by atoms with van der Waals surface area (Å²) in [5.74, 6) is 0.548. The molecule has 0 aromatic heterocycles. The fraction of sp³-hybridized carbons (Fsp3) is 0.533. The largest absolute Gasteiger partial charge is 0.385 e. The van der Waals surface area contributed by atoms with Crippen molar-refractivity contribution < 1.29 is 9.90 Å². The van der Waals surface area contributed by atoms with Crippen molar-refractivity contribution in [1.29, 1.82) is 0 Å². The molecule has 1 aliphatic carbocycles. The van der Waals surface area contributed by atoms with Gasteiger partial charge in [-0.05, 0) is 30.7 Å². The number of rotatable bonds is 5. The van der Waals surface area contributed by atoms with Crippen LogP contribution in [0.15, 0.2) is 24.3 Å². The van der Waals surface area contributed by atoms with Gasteiger partial charge in [-0.15, -0.1) is 0 Å². The molecule has 0 saturated heterocycles. The van der Waals surface area contributed by atoms with Crippen molar-refractivity contribution in [2.24, 2.45) is 0 Å². The average Bonchev–Trinajstić information content (AvgIpc) is 2.27. The Kier molecular flexibility index (Phi) is 3.95. The SMILES string of the molecule is CCCC(O)C(=O)c1ccc(C2CCC2)cc1. The van der Waals surface area contributed by atoms with Gasteiger partial charge >= 0.3 is 0 Å². The number of hydrogen-bond donors (Lipinski definition) is 1. The molecule has 0 aliphatic heterocycles. The molecule has 1 aliphatic rings. The number of hydrogen-bond acceptors (Lipinski definition) is 2. The van der Waals surface area contributed by atoms with Gasteiger partial charge in [-0.2, -0.15) is 0 Å². The lowest BCUT2D eigenvalue weighted by molar-refractivity contribution is 0.0729. The maximum absolute atomic E-state index is 11.8. The molecule has 1 fully saturated rings. The first kappa shape index (κ1) is 12.3. The first-order valence-electron chi connectivity index (χ1n) is 6.54. The second-order valence-corrected chi connectivity index (χ2v) is 4.92. The van der Waals surface area contributed by atoms with Gasteiger partial charge in [-0.1, -0.05) is 44.0 Å². The first-order valence-corrected chi connectivity index (χ1v) is 6.54. The summed E-state index contributed by atoms with van der Waals surface area (Å²) in [6.45, 7) is 1.97. The lowest BCUT2D eigenvalue weighted by Gasteiger charge is -2.25. The summed E-state index contributed by atoms with van der Waals surface area (Å²) >= 11 is 0. The van der Waals surface area contributed by atoms with Crippen molar-refractivity contribution in [3.05, 3.63) is 35.4 Å². The van der Waals surface area contributed by atoms with Crippen LogP contribution in [0.5, 0.6) is 0 Å². The Hall–Kier alpha value is -1.15. The molecule has 92 valence electrons. The monoisotopic (exact) mass is 232 g/mol. The molecule has 0 heterocycles. The number of Topliss-reactive ketones (excluding diaryl/α,β-unsaturated/α-hetero) is 1. The number of aliphatic hydroxyl groups is 1. The summed E-state index contributed by atoms with van der Waals surface area (Å²) in [7, 11) is 0. The van der Waals surface area contributed by atoms with Crippen molar-refractivity contribution in [3.63, 3.8) is 0 Å². The third kappa shape index (κ3) is 2.75. The van der Waals surface area contributed by atoms with Crippen LogP contribution in [0.25, 0.3) is 0 Å². The second kappa shape index (κ2) is 5.46. The summed E-state index contributed by atoms with van der Waals surface area (Å²) in [6.07, 6.45) is 4.39. The number of aliphatic hydroxyl groups excluding tert-OH is 1. The van der Waals surface area contributed by atoms with E-state index in [4.69, 9.17) is 0 Å². The molecule has 1 saturated carbocycles. The molecule has 1 atom stereocenters. The van der Waals surface area contributed by atoms with Gasteiger partial charge in [0.05, 0.1) is 0 Å². The van der Waals surface area contributed by atoms with Crippen molar-refractivity contribution in [3.8, 4) is 0 Å². The Morgan fingerprint density at radius 2 is 2.00 bits per heavy atom. The fourth-order valence-electron chi connectivity index (χ4n) is 2.26. The van der Waals surface area contributed by atoms with Crippen LogP contribution in [-0.4, -0.2) is 17.0 Å². The Bertz CT molecular complexity index is 376. The summed E-state index contributed by atoms with van der Waals surface area (Å²) in [5.41, 5.74) is 1.96. The number of ketones is 1. The summed E-state index contributed by atoms with van der Waals surface area (Å²) in [5, 5.41) is 9.66. The normalized spacial score (nSPS) is 17.5. The maximum atomic E-state index is 11.8. The predicted molar refractivity (Wildman–Crippen MR) is 68.3 cm³/mol. The standard InChI is InChI=1S/C15H20O2/c1-2-4-14(16)15(17)13-9-7-12(8-10-13)11-5-3-6-11/h7-11,14,16H,2-6H2,1H3. The highest BCUT2D eigenvalue weighted by Gasteiger charge is 2.20. The van der Waals surface area contributed by atoms with Gasteiger partial charge in [0.1, 0.15) is 6.10 Å². The van der Waals surface area contributed by atoms with Crippen LogP contribution >= 0.6 is 0 Å². The van der Waals surface area contributed by atoms with E-state index < -0.39 is 6.10 Å². The fourth-order valence-corrected chi connectivity index (χ4v) is 2.26. The minimum atomic E-state index is -0.838. The molecule has 0 spiro atoms. The molecule has 1 aromatic carbocycles. The Morgan fingerprint density at radius 1 is 1.35 bits per heavy atom. The lowest BCUT2D eigenvalue weighted by Crippen LogP contribution is -2.20. The zero-order valence-electron chi connectivity index (χ0n) is 10.4. The van der Waals surface area contributed by atoms with Gasteiger partial charge in [0.15, 0.2) is 5.78 Å². The quantitative estimate of drug-likeness (QED) is 0.791. The van der Waals surface area contributed by atoms with Crippen LogP contribution < -0.4 is 0 Å². The van der Waals surface area contributed by atoms with Gasteiger partial charge in [0.25, 0.3) is 0 Å². The molecule has 0 bridgehead atoms. The minimum absolute atomic E-state index is 0.146. The summed E-state index contributed by atoms with van der Waals surface area (Å²) in [6, 6.07) is 7.79. The van der Waals surface area contributed by atoms with E-state index in [1.165, 1.54) is 24.8 Å². The van der Waals surface area contributed by atoms with E-state index in [9.17, 15) is 9.90 Å².